The van der Waals surface area contributed by atoms with Crippen LogP contribution in [0.5, 0.6) is 5.75 Å². The number of oxime groups is 1. The molecule has 1 aromatic heterocycles. The fourth-order valence-electron chi connectivity index (χ4n) is 4.27. The van der Waals surface area contributed by atoms with E-state index >= 15 is 0 Å². The number of benzene rings is 2. The second-order valence-electron chi connectivity index (χ2n) is 10.1. The van der Waals surface area contributed by atoms with Crippen molar-refractivity contribution in [2.45, 2.75) is 29.9 Å². The summed E-state index contributed by atoms with van der Waals surface area (Å²) in [6.45, 7) is 0.802. The molecule has 2 unspecified atom stereocenters. The van der Waals surface area contributed by atoms with E-state index in [0.29, 0.717) is 29.4 Å². The predicted octanol–water partition coefficient (Wildman–Crippen LogP) is -5.59. The van der Waals surface area contributed by atoms with E-state index in [-0.39, 0.29) is 76.2 Å². The van der Waals surface area contributed by atoms with E-state index in [9.17, 15) is 42.3 Å². The first-order valence-electron chi connectivity index (χ1n) is 13.4. The Morgan fingerprint density at radius 1 is 1.14 bits per heavy atom. The van der Waals surface area contributed by atoms with E-state index in [2.05, 4.69) is 15.3 Å². The van der Waals surface area contributed by atoms with Crippen molar-refractivity contribution in [1.29, 1.82) is 0 Å². The number of carbonyl (C=O) groups is 1. The van der Waals surface area contributed by atoms with Crippen molar-refractivity contribution >= 4 is 59.6 Å². The molecule has 2 heterocycles. The summed E-state index contributed by atoms with van der Waals surface area (Å²) in [6.07, 6.45) is 3.27. The number of thiazole rings is 1. The molecule has 1 aliphatic heterocycles. The number of ether oxygens (including phenoxy) is 1. The van der Waals surface area contributed by atoms with E-state index < -0.39 is 54.3 Å². The van der Waals surface area contributed by atoms with E-state index in [4.69, 9.17) is 14.5 Å². The summed E-state index contributed by atoms with van der Waals surface area (Å²) in [5, 5.41) is 23.0. The molecule has 17 nitrogen and oxygen atoms in total. The van der Waals surface area contributed by atoms with Gasteiger partial charge in [-0.15, -0.1) is 0 Å². The number of likely N-dealkylation sites (N-methyl/N-ethyl adjacent to an activating group) is 1. The normalized spacial score (nSPS) is 17.4. The molecule has 0 saturated carbocycles. The van der Waals surface area contributed by atoms with Crippen LogP contribution in [-0.2, 0) is 35.3 Å². The molecular weight excluding hydrogens is 748 g/mol. The number of hydrogen-bond acceptors (Lipinski definition) is 13. The van der Waals surface area contributed by atoms with Crippen molar-refractivity contribution in [2.24, 2.45) is 5.16 Å². The number of rotatable bonds is 13. The van der Waals surface area contributed by atoms with Crippen LogP contribution in [0, 0.1) is 6.92 Å². The summed E-state index contributed by atoms with van der Waals surface area (Å²) >= 11 is 1.25. The van der Waals surface area contributed by atoms with Gasteiger partial charge in [0.1, 0.15) is 11.9 Å². The molecule has 0 fully saturated rings. The monoisotopic (exact) mass is 777 g/mol. The smallest absolute Gasteiger partial charge is 0.776 e. The number of anilines is 1. The Morgan fingerprint density at radius 3 is 2.45 bits per heavy atom. The summed E-state index contributed by atoms with van der Waals surface area (Å²) < 4.78 is 56.7. The van der Waals surface area contributed by atoms with Crippen LogP contribution in [0.4, 0.5) is 5.13 Å². The first kappa shape index (κ1) is 43.5. The second-order valence-corrected chi connectivity index (χ2v) is 17.1. The second kappa shape index (κ2) is 17.3. The van der Waals surface area contributed by atoms with Gasteiger partial charge in [-0.25, -0.2) is 17.8 Å². The molecule has 0 radical (unpaired) electrons. The fourth-order valence-corrected chi connectivity index (χ4v) is 8.28. The molecule has 49 heavy (non-hydrogen) atoms. The molecule has 0 spiro atoms. The number of aromatic nitrogens is 1. The molecule has 2 aromatic carbocycles. The van der Waals surface area contributed by atoms with E-state index in [1.54, 1.807) is 35.0 Å². The molecule has 0 aliphatic carbocycles. The number of aliphatic hydroxyl groups excluding tert-OH is 1. The Kier molecular flexibility index (Phi) is 15.3. The zero-order chi connectivity index (χ0) is 34.8. The van der Waals surface area contributed by atoms with Gasteiger partial charge in [0.2, 0.25) is 5.08 Å². The van der Waals surface area contributed by atoms with Gasteiger partial charge in [-0.05, 0) is 36.8 Å². The Labute approximate surface area is 329 Å². The largest absolute Gasteiger partial charge is 1.00 e. The molecule has 254 valence electrons. The van der Waals surface area contributed by atoms with Crippen molar-refractivity contribution in [3.8, 4) is 5.75 Å². The summed E-state index contributed by atoms with van der Waals surface area (Å²) in [6, 6.07) is 12.1. The topological polar surface area (TPSA) is 262 Å². The maximum absolute atomic E-state index is 13.3. The van der Waals surface area contributed by atoms with Gasteiger partial charge in [0.25, 0.3) is 10.0 Å². The molecule has 2 atom stereocenters. The molecular formula is C26H29N4Na2O13P2S2+. The molecule has 3 aromatic rings. The standard InChI is InChI=1S/C26H30N4O13P2S2.2Na/c1-17-15-30(25(46-17)28-24(32)22-23(31)20-9-3-4-10-21(20)47(40,41)29(22)2)11-6-12-42-19-8-5-7-18(13-19)14-27-43-16-26(33,44(34,35)36)45(37,38)39;;/h3-5,7-10,13-15,33H,6,11-12,16H2,1-2H3,(H5,31,32,34,35,36,37,38,39);;/q;2*+1/p-1/b27-14+;;. The Morgan fingerprint density at radius 2 is 1.80 bits per heavy atom. The predicted molar refractivity (Wildman–Crippen MR) is 164 cm³/mol. The first-order chi connectivity index (χ1) is 21.9. The van der Waals surface area contributed by atoms with Crippen LogP contribution in [0.25, 0.3) is 5.76 Å². The number of aryl methyl sites for hydroxylation is 2. The fraction of sp³-hybridized carbons (Fsp3) is 0.269. The van der Waals surface area contributed by atoms with Crippen LogP contribution >= 0.6 is 26.5 Å². The summed E-state index contributed by atoms with van der Waals surface area (Å²) in [7, 11) is -14.9. The molecule has 1 aliphatic rings. The van der Waals surface area contributed by atoms with Gasteiger partial charge in [-0.3, -0.25) is 4.31 Å². The summed E-state index contributed by atoms with van der Waals surface area (Å²) in [5.41, 5.74) is -0.0443. The number of nitrogens with zero attached hydrogens (tertiary/aromatic N) is 3. The van der Waals surface area contributed by atoms with Gasteiger partial charge in [0, 0.05) is 23.9 Å². The van der Waals surface area contributed by atoms with Gasteiger partial charge < -0.3 is 48.5 Å². The Bertz CT molecular complexity index is 1930. The molecule has 0 saturated heterocycles. The van der Waals surface area contributed by atoms with Gasteiger partial charge in [-0.2, -0.15) is 5.32 Å². The number of hydrogen-bond donors (Lipinski definition) is 5. The van der Waals surface area contributed by atoms with Crippen molar-refractivity contribution in [3.63, 3.8) is 0 Å². The summed E-state index contributed by atoms with van der Waals surface area (Å²) in [4.78, 5) is 58.9. The minimum Gasteiger partial charge on any atom is -0.776 e. The SMILES string of the molecule is Cc1c[n+](CCCOc2cccc(/C=N/OCC(O)(P(=O)([O-])O)P(=O)([O-])O)c2)c(NC(=O)C2=C(O)c3ccccc3S(=O)(=O)N2C)s1.[Na+].[Na+]. The zero-order valence-corrected chi connectivity index (χ0v) is 34.0. The number of amides is 1. The van der Waals surface area contributed by atoms with E-state index in [1.165, 1.54) is 42.6 Å². The maximum atomic E-state index is 13.3. The van der Waals surface area contributed by atoms with Crippen molar-refractivity contribution in [1.82, 2.24) is 4.31 Å². The van der Waals surface area contributed by atoms with Crippen LogP contribution in [0.2, 0.25) is 0 Å². The molecule has 5 N–H and O–H groups in total. The number of sulfonamides is 1. The van der Waals surface area contributed by atoms with Crippen molar-refractivity contribution in [3.05, 3.63) is 76.4 Å². The number of nitrogens with one attached hydrogen (secondary N) is 1. The third-order valence-electron chi connectivity index (χ3n) is 6.72. The van der Waals surface area contributed by atoms with Crippen molar-refractivity contribution < 1.29 is 125 Å². The average Bonchev–Trinajstić information content (AvgIpc) is 3.34. The van der Waals surface area contributed by atoms with Crippen LogP contribution < -0.4 is 83.5 Å². The molecule has 0 bridgehead atoms. The zero-order valence-electron chi connectivity index (χ0n) is 26.6. The first-order valence-corrected chi connectivity index (χ1v) is 18.8. The minimum absolute atomic E-state index is 0. The quantitative estimate of drug-likeness (QED) is 0.0271. The third kappa shape index (κ3) is 9.83. The van der Waals surface area contributed by atoms with Gasteiger partial charge in [-0.1, -0.05) is 40.8 Å². The molecule has 1 amide bonds. The number of carbonyl (C=O) groups excluding carboxylic acids is 1. The minimum atomic E-state index is -6.00. The van der Waals surface area contributed by atoms with Crippen LogP contribution in [0.3, 0.4) is 0 Å². The third-order valence-corrected chi connectivity index (χ3v) is 13.1. The van der Waals surface area contributed by atoms with Crippen LogP contribution in [0.15, 0.2) is 70.5 Å². The number of fused-ring (bicyclic) bond motifs is 1. The maximum Gasteiger partial charge on any atom is 1.00 e. The van der Waals surface area contributed by atoms with Crippen molar-refractivity contribution in [2.75, 3.05) is 25.6 Å². The van der Waals surface area contributed by atoms with Gasteiger partial charge in [0.05, 0.1) is 24.3 Å². The average molecular weight is 778 g/mol. The van der Waals surface area contributed by atoms with Crippen LogP contribution in [0.1, 0.15) is 22.4 Å². The summed E-state index contributed by atoms with van der Waals surface area (Å²) in [5.74, 6) is -0.909. The van der Waals surface area contributed by atoms with Gasteiger partial charge >= 0.3 is 70.2 Å². The Balaban J connectivity index is 0.00000417. The van der Waals surface area contributed by atoms with Gasteiger partial charge in [0.15, 0.2) is 33.3 Å². The Hall–Kier alpha value is -1.64. The van der Waals surface area contributed by atoms with E-state index in [1.807, 2.05) is 6.92 Å². The van der Waals surface area contributed by atoms with E-state index in [0.717, 1.165) is 15.4 Å². The number of aliphatic hydroxyl groups is 2. The molecule has 4 rings (SSSR count). The van der Waals surface area contributed by atoms with Crippen LogP contribution in [-0.4, -0.2) is 70.2 Å². The molecule has 23 heteroatoms.